The van der Waals surface area contributed by atoms with E-state index in [9.17, 15) is 28.0 Å². The van der Waals surface area contributed by atoms with Crippen LogP contribution in [0, 0.1) is 0 Å². The van der Waals surface area contributed by atoms with Gasteiger partial charge in [0.15, 0.2) is 0 Å². The molecule has 0 saturated heterocycles. The van der Waals surface area contributed by atoms with Crippen molar-refractivity contribution in [2.24, 2.45) is 0 Å². The minimum absolute atomic E-state index is 2.40. The fraction of sp³-hybridized carbons (Fsp3) is 0.167. The zero-order valence-electron chi connectivity index (χ0n) is 6.70. The predicted octanol–water partition coefficient (Wildman–Crippen LogP) is 2.41. The summed E-state index contributed by atoms with van der Waals surface area (Å²) >= 11 is -7.28. The van der Waals surface area contributed by atoms with Crippen molar-refractivity contribution < 1.29 is 33.1 Å². The summed E-state index contributed by atoms with van der Waals surface area (Å²) in [5, 5.41) is 8.19. The van der Waals surface area contributed by atoms with Crippen LogP contribution in [0.15, 0.2) is 21.3 Å². The van der Waals surface area contributed by atoms with Gasteiger partial charge in [0.05, 0.1) is 0 Å². The molecule has 0 aromatic carbocycles. The number of halogens is 6. The van der Waals surface area contributed by atoms with Crippen LogP contribution in [0.3, 0.4) is 0 Å². The van der Waals surface area contributed by atoms with Crippen LogP contribution in [0.1, 0.15) is 0 Å². The second-order valence-corrected chi connectivity index (χ2v) is 9.14. The van der Waals surface area contributed by atoms with Gasteiger partial charge in [-0.3, -0.25) is 0 Å². The molecule has 0 radical (unpaired) electrons. The SMILES string of the molecule is O=C(O)[CH]1C(F)=C(F)C(F)=[C](F)[SbH]1([F])[F]. The Balaban J connectivity index is 3.43. The first kappa shape index (κ1) is 12.4. The van der Waals surface area contributed by atoms with Crippen LogP contribution in [0.4, 0.5) is 23.2 Å². The number of hydrogen-bond acceptors (Lipinski definition) is 1. The summed E-state index contributed by atoms with van der Waals surface area (Å²) in [6.45, 7) is 0. The standard InChI is InChI=1S/C6H2F4O2.2FH.Sb.H/c7-2-4(9)6(10)3(8)1-5(11)12;;;;/h1H,(H,11,12);2*1H;;/q;;;+2;/p-2. The molecule has 1 aliphatic rings. The maximum absolute atomic E-state index is 12.9. The van der Waals surface area contributed by atoms with E-state index in [1.807, 2.05) is 0 Å². The van der Waals surface area contributed by atoms with Crippen LogP contribution >= 0.6 is 0 Å². The summed E-state index contributed by atoms with van der Waals surface area (Å²) in [6, 6.07) is 0. The van der Waals surface area contributed by atoms with Crippen LogP contribution in [0.2, 0.25) is 3.86 Å². The van der Waals surface area contributed by atoms with Gasteiger partial charge in [-0.25, -0.2) is 0 Å². The van der Waals surface area contributed by atoms with E-state index in [1.165, 1.54) is 0 Å². The number of carboxylic acid groups (broad SMARTS) is 1. The zero-order chi connectivity index (χ0) is 12.0. The fourth-order valence-corrected chi connectivity index (χ4v) is 5.05. The molecular formula is C6H3F6O2Sb. The summed E-state index contributed by atoms with van der Waals surface area (Å²) < 4.78 is 69.9. The van der Waals surface area contributed by atoms with Crippen LogP contribution in [0.5, 0.6) is 0 Å². The quantitative estimate of drug-likeness (QED) is 0.587. The molecule has 1 unspecified atom stereocenters. The summed E-state index contributed by atoms with van der Waals surface area (Å²) in [5.74, 6) is -9.96. The second kappa shape index (κ2) is 3.73. The molecule has 1 atom stereocenters. The Labute approximate surface area is 84.5 Å². The van der Waals surface area contributed by atoms with E-state index in [-0.39, 0.29) is 0 Å². The third-order valence-corrected chi connectivity index (χ3v) is 7.55. The first-order valence-electron chi connectivity index (χ1n) is 3.43. The van der Waals surface area contributed by atoms with Gasteiger partial charge in [-0.05, 0) is 0 Å². The van der Waals surface area contributed by atoms with Gasteiger partial charge in [-0.1, -0.05) is 0 Å². The van der Waals surface area contributed by atoms with Gasteiger partial charge in [0.2, 0.25) is 0 Å². The number of hydrogen-bond donors (Lipinski definition) is 1. The van der Waals surface area contributed by atoms with Crippen LogP contribution in [0.25, 0.3) is 0 Å². The topological polar surface area (TPSA) is 37.3 Å². The Bertz CT molecular complexity index is 387. The van der Waals surface area contributed by atoms with E-state index < -0.39 is 51.1 Å². The number of allylic oxidation sites excluding steroid dienone is 2. The first-order chi connectivity index (χ1) is 6.71. The fourth-order valence-electron chi connectivity index (χ4n) is 1.02. The van der Waals surface area contributed by atoms with Crippen molar-refractivity contribution in [1.82, 2.24) is 0 Å². The average molecular weight is 343 g/mol. The Morgan fingerprint density at radius 2 is 1.60 bits per heavy atom. The van der Waals surface area contributed by atoms with Crippen molar-refractivity contribution >= 4 is 25.9 Å². The van der Waals surface area contributed by atoms with Crippen LogP contribution in [-0.4, -0.2) is 31.0 Å². The van der Waals surface area contributed by atoms with Crippen molar-refractivity contribution in [2.75, 3.05) is 0 Å². The predicted molar refractivity (Wildman–Crippen MR) is 39.2 cm³/mol. The van der Waals surface area contributed by atoms with E-state index in [4.69, 9.17) is 5.11 Å². The van der Waals surface area contributed by atoms with E-state index >= 15 is 0 Å². The number of rotatable bonds is 1. The molecule has 0 aromatic rings. The molecule has 86 valence electrons. The summed E-state index contributed by atoms with van der Waals surface area (Å²) in [4.78, 5) is 10.2. The summed E-state index contributed by atoms with van der Waals surface area (Å²) in [7, 11) is 0. The summed E-state index contributed by atoms with van der Waals surface area (Å²) in [5.41, 5.74) is 0. The van der Waals surface area contributed by atoms with Crippen LogP contribution in [-0.2, 0) is 4.79 Å². The molecule has 0 spiro atoms. The molecule has 0 bridgehead atoms. The minimum atomic E-state index is -7.28. The van der Waals surface area contributed by atoms with E-state index in [0.717, 1.165) is 0 Å². The normalized spacial score (nSPS) is 28.0. The zero-order valence-corrected chi connectivity index (χ0v) is 9.55. The third kappa shape index (κ3) is 1.75. The summed E-state index contributed by atoms with van der Waals surface area (Å²) in [6.07, 6.45) is 0. The molecule has 1 N–H and O–H groups in total. The van der Waals surface area contributed by atoms with Gasteiger partial charge in [0, 0.05) is 0 Å². The number of carboxylic acids is 1. The molecule has 2 nitrogen and oxygen atoms in total. The average Bonchev–Trinajstić information content (AvgIpc) is 2.11. The Hall–Kier alpha value is -0.652. The molecule has 0 amide bonds. The molecule has 0 aliphatic carbocycles. The van der Waals surface area contributed by atoms with Gasteiger partial charge in [0.1, 0.15) is 0 Å². The van der Waals surface area contributed by atoms with Gasteiger partial charge in [-0.2, -0.15) is 0 Å². The number of aliphatic carboxylic acids is 1. The van der Waals surface area contributed by atoms with Gasteiger partial charge in [-0.15, -0.1) is 0 Å². The molecule has 1 rings (SSSR count). The molecule has 1 heterocycles. The van der Waals surface area contributed by atoms with Crippen molar-refractivity contribution in [3.63, 3.8) is 0 Å². The molecule has 1 aliphatic heterocycles. The first-order valence-corrected chi connectivity index (χ1v) is 8.66. The van der Waals surface area contributed by atoms with Crippen molar-refractivity contribution in [2.45, 2.75) is 3.86 Å². The molecule has 0 saturated carbocycles. The molecule has 15 heavy (non-hydrogen) atoms. The Morgan fingerprint density at radius 3 is 2.00 bits per heavy atom. The van der Waals surface area contributed by atoms with Crippen LogP contribution < -0.4 is 0 Å². The molecule has 0 aromatic heterocycles. The van der Waals surface area contributed by atoms with Crippen molar-refractivity contribution in [1.29, 1.82) is 0 Å². The van der Waals surface area contributed by atoms with Crippen molar-refractivity contribution in [3.05, 3.63) is 21.3 Å². The molecule has 9 heteroatoms. The van der Waals surface area contributed by atoms with Crippen molar-refractivity contribution in [3.8, 4) is 0 Å². The Kier molecular flexibility index (Phi) is 3.09. The molecular weight excluding hydrogens is 340 g/mol. The maximum atomic E-state index is 12.9. The van der Waals surface area contributed by atoms with E-state index in [2.05, 4.69) is 0 Å². The Morgan fingerprint density at radius 1 is 1.13 bits per heavy atom. The van der Waals surface area contributed by atoms with E-state index in [0.29, 0.717) is 0 Å². The molecule has 0 fully saturated rings. The third-order valence-electron chi connectivity index (χ3n) is 1.75. The van der Waals surface area contributed by atoms with E-state index in [1.54, 1.807) is 0 Å². The second-order valence-electron chi connectivity index (χ2n) is 2.68. The monoisotopic (exact) mass is 342 g/mol. The van der Waals surface area contributed by atoms with Gasteiger partial charge < -0.3 is 0 Å². The van der Waals surface area contributed by atoms with Gasteiger partial charge in [0.25, 0.3) is 0 Å². The number of carbonyl (C=O) groups is 1. The van der Waals surface area contributed by atoms with Gasteiger partial charge >= 0.3 is 84.1 Å².